The molecule has 0 aromatic heterocycles. The van der Waals surface area contributed by atoms with Gasteiger partial charge in [0.05, 0.1) is 6.04 Å². The molecule has 1 saturated heterocycles. The number of benzene rings is 1. The Hall–Kier alpha value is -1.69. The van der Waals surface area contributed by atoms with E-state index in [1.165, 1.54) is 0 Å². The molecule has 1 unspecified atom stereocenters. The zero-order valence-corrected chi connectivity index (χ0v) is 13.5. The molecule has 3 amide bonds. The number of hydrogen-bond acceptors (Lipinski definition) is 3. The molecule has 3 rings (SSSR count). The quantitative estimate of drug-likeness (QED) is 0.880. The van der Waals surface area contributed by atoms with Crippen molar-refractivity contribution in [2.75, 3.05) is 29.9 Å². The number of aryl methyl sites for hydroxylation is 1. The van der Waals surface area contributed by atoms with Gasteiger partial charge < -0.3 is 15.5 Å². The topological polar surface area (TPSA) is 61.4 Å². The zero-order chi connectivity index (χ0) is 15.5. The van der Waals surface area contributed by atoms with E-state index in [0.29, 0.717) is 6.42 Å². The first-order valence-corrected chi connectivity index (χ1v) is 8.85. The first-order valence-electron chi connectivity index (χ1n) is 7.69. The van der Waals surface area contributed by atoms with Gasteiger partial charge in [-0.1, -0.05) is 12.1 Å². The lowest BCUT2D eigenvalue weighted by Crippen LogP contribution is -2.45. The molecule has 0 spiro atoms. The van der Waals surface area contributed by atoms with E-state index in [1.807, 2.05) is 35.7 Å². The number of anilines is 1. The third-order valence-electron chi connectivity index (χ3n) is 4.16. The fourth-order valence-corrected chi connectivity index (χ4v) is 3.70. The smallest absolute Gasteiger partial charge is 0.317 e. The van der Waals surface area contributed by atoms with Crippen molar-refractivity contribution in [1.82, 2.24) is 10.2 Å². The van der Waals surface area contributed by atoms with Crippen LogP contribution in [0.3, 0.4) is 0 Å². The standard InChI is InChI=1S/C16H21N3O2S/c1-11(17-16(21)19-6-8-22-9-7-19)12-2-4-14-13(10-12)3-5-15(20)18-14/h2,4,10-11H,3,5-9H2,1H3,(H,17,21)(H,18,20). The number of thioether (sulfide) groups is 1. The minimum Gasteiger partial charge on any atom is -0.331 e. The lowest BCUT2D eigenvalue weighted by molar-refractivity contribution is -0.116. The molecule has 2 heterocycles. The minimum absolute atomic E-state index is 0.0128. The summed E-state index contributed by atoms with van der Waals surface area (Å²) in [6.07, 6.45) is 1.29. The Kier molecular flexibility index (Phi) is 4.57. The molecule has 2 N–H and O–H groups in total. The fraction of sp³-hybridized carbons (Fsp3) is 0.500. The third kappa shape index (κ3) is 3.38. The largest absolute Gasteiger partial charge is 0.331 e. The predicted molar refractivity (Wildman–Crippen MR) is 89.2 cm³/mol. The van der Waals surface area contributed by atoms with Crippen molar-refractivity contribution in [3.05, 3.63) is 29.3 Å². The molecular weight excluding hydrogens is 298 g/mol. The Morgan fingerprint density at radius 1 is 1.32 bits per heavy atom. The van der Waals surface area contributed by atoms with Crippen LogP contribution in [0.5, 0.6) is 0 Å². The van der Waals surface area contributed by atoms with Crippen LogP contribution in [-0.4, -0.2) is 41.4 Å². The maximum atomic E-state index is 12.3. The van der Waals surface area contributed by atoms with Crippen LogP contribution in [0.1, 0.15) is 30.5 Å². The van der Waals surface area contributed by atoms with Gasteiger partial charge in [-0.15, -0.1) is 0 Å². The first kappa shape index (κ1) is 15.2. The van der Waals surface area contributed by atoms with Crippen molar-refractivity contribution < 1.29 is 9.59 Å². The number of nitrogens with zero attached hydrogens (tertiary/aromatic N) is 1. The van der Waals surface area contributed by atoms with Crippen LogP contribution in [0.25, 0.3) is 0 Å². The molecule has 0 bridgehead atoms. The van der Waals surface area contributed by atoms with Gasteiger partial charge in [0.2, 0.25) is 5.91 Å². The van der Waals surface area contributed by atoms with Gasteiger partial charge in [-0.05, 0) is 30.5 Å². The Morgan fingerprint density at radius 3 is 2.86 bits per heavy atom. The molecule has 22 heavy (non-hydrogen) atoms. The fourth-order valence-electron chi connectivity index (χ4n) is 2.80. The van der Waals surface area contributed by atoms with Gasteiger partial charge in [-0.2, -0.15) is 11.8 Å². The number of carbonyl (C=O) groups excluding carboxylic acids is 2. The van der Waals surface area contributed by atoms with E-state index in [1.54, 1.807) is 0 Å². The maximum Gasteiger partial charge on any atom is 0.317 e. The summed E-state index contributed by atoms with van der Waals surface area (Å²) >= 11 is 1.89. The second-order valence-electron chi connectivity index (χ2n) is 5.74. The van der Waals surface area contributed by atoms with Crippen LogP contribution < -0.4 is 10.6 Å². The summed E-state index contributed by atoms with van der Waals surface area (Å²) in [5.74, 6) is 2.10. The van der Waals surface area contributed by atoms with Crippen molar-refractivity contribution in [3.8, 4) is 0 Å². The van der Waals surface area contributed by atoms with Crippen molar-refractivity contribution in [1.29, 1.82) is 0 Å². The van der Waals surface area contributed by atoms with Crippen LogP contribution in [0.15, 0.2) is 18.2 Å². The molecule has 0 saturated carbocycles. The molecule has 118 valence electrons. The highest BCUT2D eigenvalue weighted by atomic mass is 32.2. The molecular formula is C16H21N3O2S. The molecule has 2 aliphatic rings. The number of rotatable bonds is 2. The van der Waals surface area contributed by atoms with E-state index in [-0.39, 0.29) is 18.0 Å². The number of carbonyl (C=O) groups is 2. The molecule has 5 nitrogen and oxygen atoms in total. The van der Waals surface area contributed by atoms with E-state index >= 15 is 0 Å². The van der Waals surface area contributed by atoms with Gasteiger partial charge in [0.15, 0.2) is 0 Å². The third-order valence-corrected chi connectivity index (χ3v) is 5.11. The summed E-state index contributed by atoms with van der Waals surface area (Å²) in [6, 6.07) is 5.97. The highest BCUT2D eigenvalue weighted by Gasteiger charge is 2.20. The van der Waals surface area contributed by atoms with Crippen molar-refractivity contribution >= 4 is 29.4 Å². The second-order valence-corrected chi connectivity index (χ2v) is 6.96. The van der Waals surface area contributed by atoms with E-state index < -0.39 is 0 Å². The molecule has 2 aliphatic heterocycles. The average Bonchev–Trinajstić information content (AvgIpc) is 2.55. The van der Waals surface area contributed by atoms with Gasteiger partial charge in [0.25, 0.3) is 0 Å². The summed E-state index contributed by atoms with van der Waals surface area (Å²) in [6.45, 7) is 3.64. The average molecular weight is 319 g/mol. The Bertz CT molecular complexity index is 585. The highest BCUT2D eigenvalue weighted by molar-refractivity contribution is 7.99. The lowest BCUT2D eigenvalue weighted by atomic mass is 9.98. The van der Waals surface area contributed by atoms with Gasteiger partial charge in [-0.25, -0.2) is 4.79 Å². The van der Waals surface area contributed by atoms with Gasteiger partial charge in [-0.3, -0.25) is 4.79 Å². The van der Waals surface area contributed by atoms with Crippen LogP contribution in [0.2, 0.25) is 0 Å². The number of urea groups is 1. The van der Waals surface area contributed by atoms with Crippen LogP contribution in [-0.2, 0) is 11.2 Å². The summed E-state index contributed by atoms with van der Waals surface area (Å²) in [7, 11) is 0. The second kappa shape index (κ2) is 6.60. The molecule has 6 heteroatoms. The zero-order valence-electron chi connectivity index (χ0n) is 12.7. The normalized spacial score (nSPS) is 19.1. The lowest BCUT2D eigenvalue weighted by Gasteiger charge is -2.28. The van der Waals surface area contributed by atoms with Gasteiger partial charge in [0.1, 0.15) is 0 Å². The number of hydrogen-bond donors (Lipinski definition) is 2. The van der Waals surface area contributed by atoms with E-state index in [9.17, 15) is 9.59 Å². The molecule has 0 aliphatic carbocycles. The highest BCUT2D eigenvalue weighted by Crippen LogP contribution is 2.26. The molecule has 1 atom stereocenters. The Balaban J connectivity index is 1.65. The van der Waals surface area contributed by atoms with E-state index in [2.05, 4.69) is 16.7 Å². The van der Waals surface area contributed by atoms with E-state index in [0.717, 1.165) is 47.8 Å². The summed E-state index contributed by atoms with van der Waals surface area (Å²) in [4.78, 5) is 25.5. The minimum atomic E-state index is -0.0370. The van der Waals surface area contributed by atoms with Crippen molar-refractivity contribution in [2.45, 2.75) is 25.8 Å². The number of nitrogens with one attached hydrogen (secondary N) is 2. The first-order chi connectivity index (χ1) is 10.6. The van der Waals surface area contributed by atoms with Crippen LogP contribution >= 0.6 is 11.8 Å². The molecule has 1 aromatic carbocycles. The summed E-state index contributed by atoms with van der Waals surface area (Å²) < 4.78 is 0. The number of fused-ring (bicyclic) bond motifs is 1. The van der Waals surface area contributed by atoms with Crippen LogP contribution in [0, 0.1) is 0 Å². The summed E-state index contributed by atoms with van der Waals surface area (Å²) in [5.41, 5.74) is 3.12. The molecule has 1 fully saturated rings. The van der Waals surface area contributed by atoms with Crippen LogP contribution in [0.4, 0.5) is 10.5 Å². The Labute approximate surface area is 134 Å². The van der Waals surface area contributed by atoms with Gasteiger partial charge in [0, 0.05) is 36.7 Å². The summed E-state index contributed by atoms with van der Waals surface area (Å²) in [5, 5.41) is 5.95. The molecule has 1 aromatic rings. The number of amides is 3. The van der Waals surface area contributed by atoms with Gasteiger partial charge >= 0.3 is 6.03 Å². The SMILES string of the molecule is CC(NC(=O)N1CCSCC1)c1ccc2c(c1)CCC(=O)N2. The predicted octanol–water partition coefficient (Wildman–Crippen LogP) is 2.39. The van der Waals surface area contributed by atoms with Crippen molar-refractivity contribution in [3.63, 3.8) is 0 Å². The Morgan fingerprint density at radius 2 is 2.09 bits per heavy atom. The molecule has 0 radical (unpaired) electrons. The monoisotopic (exact) mass is 319 g/mol. The maximum absolute atomic E-state index is 12.3. The van der Waals surface area contributed by atoms with Crippen molar-refractivity contribution in [2.24, 2.45) is 0 Å². The van der Waals surface area contributed by atoms with E-state index in [4.69, 9.17) is 0 Å².